The lowest BCUT2D eigenvalue weighted by molar-refractivity contribution is 0.0949. The number of hydrogen-bond acceptors (Lipinski definition) is 4. The summed E-state index contributed by atoms with van der Waals surface area (Å²) in [7, 11) is 3.33. The average molecular weight is 197 g/mol. The van der Waals surface area contributed by atoms with E-state index in [2.05, 4.69) is 5.10 Å². The summed E-state index contributed by atoms with van der Waals surface area (Å²) < 4.78 is 6.44. The van der Waals surface area contributed by atoms with Crippen LogP contribution in [0.3, 0.4) is 0 Å². The maximum atomic E-state index is 11.6. The Morgan fingerprint density at radius 2 is 2.50 bits per heavy atom. The van der Waals surface area contributed by atoms with E-state index in [1.807, 2.05) is 0 Å². The molecular weight excluding hydrogens is 182 g/mol. The van der Waals surface area contributed by atoms with E-state index in [1.54, 1.807) is 31.2 Å². The van der Waals surface area contributed by atoms with E-state index in [0.29, 0.717) is 18.6 Å². The number of carbonyl (C=O) groups excluding carboxylic acids is 1. The monoisotopic (exact) mass is 197 g/mol. The SMILES string of the molecule is COCC(N)CC(=O)c1cnn(C)c1. The number of ether oxygens (including phenoxy) is 1. The molecule has 0 bridgehead atoms. The van der Waals surface area contributed by atoms with Gasteiger partial charge >= 0.3 is 0 Å². The lowest BCUT2D eigenvalue weighted by atomic mass is 10.1. The topological polar surface area (TPSA) is 70.1 Å². The number of nitrogens with zero attached hydrogens (tertiary/aromatic N) is 2. The number of aryl methyl sites for hydroxylation is 1. The van der Waals surface area contributed by atoms with Crippen LogP contribution in [0.2, 0.25) is 0 Å². The molecule has 1 aromatic rings. The van der Waals surface area contributed by atoms with E-state index in [1.165, 1.54) is 0 Å². The van der Waals surface area contributed by atoms with Gasteiger partial charge in [-0.25, -0.2) is 0 Å². The molecule has 5 heteroatoms. The molecular formula is C9H15N3O2. The van der Waals surface area contributed by atoms with E-state index in [4.69, 9.17) is 10.5 Å². The normalized spacial score (nSPS) is 12.8. The zero-order chi connectivity index (χ0) is 10.6. The van der Waals surface area contributed by atoms with Gasteiger partial charge in [0.2, 0.25) is 0 Å². The van der Waals surface area contributed by atoms with Crippen molar-refractivity contribution in [1.29, 1.82) is 0 Å². The van der Waals surface area contributed by atoms with Crippen molar-refractivity contribution in [3.8, 4) is 0 Å². The number of ketones is 1. The first-order valence-electron chi connectivity index (χ1n) is 4.40. The van der Waals surface area contributed by atoms with Crippen molar-refractivity contribution in [1.82, 2.24) is 9.78 Å². The van der Waals surface area contributed by atoms with Crippen molar-refractivity contribution in [2.45, 2.75) is 12.5 Å². The first kappa shape index (κ1) is 10.9. The number of nitrogens with two attached hydrogens (primary N) is 1. The van der Waals surface area contributed by atoms with Crippen LogP contribution in [0.5, 0.6) is 0 Å². The zero-order valence-electron chi connectivity index (χ0n) is 8.43. The second-order valence-corrected chi connectivity index (χ2v) is 3.25. The molecule has 1 rings (SSSR count). The van der Waals surface area contributed by atoms with Gasteiger partial charge < -0.3 is 10.5 Å². The first-order valence-corrected chi connectivity index (χ1v) is 4.40. The Morgan fingerprint density at radius 3 is 3.00 bits per heavy atom. The Bertz CT molecular complexity index is 309. The molecule has 0 fully saturated rings. The van der Waals surface area contributed by atoms with Crippen LogP contribution in [0.1, 0.15) is 16.8 Å². The van der Waals surface area contributed by atoms with Gasteiger partial charge in [0.1, 0.15) is 0 Å². The molecule has 0 aliphatic heterocycles. The van der Waals surface area contributed by atoms with Crippen LogP contribution >= 0.6 is 0 Å². The summed E-state index contributed by atoms with van der Waals surface area (Å²) in [5.41, 5.74) is 6.25. The predicted molar refractivity (Wildman–Crippen MR) is 52.0 cm³/mol. The van der Waals surface area contributed by atoms with Gasteiger partial charge in [0.25, 0.3) is 0 Å². The first-order chi connectivity index (χ1) is 6.63. The molecule has 1 atom stereocenters. The van der Waals surface area contributed by atoms with Crippen LogP contribution in [0, 0.1) is 0 Å². The van der Waals surface area contributed by atoms with Gasteiger partial charge in [0.05, 0.1) is 18.4 Å². The number of rotatable bonds is 5. The van der Waals surface area contributed by atoms with Gasteiger partial charge in [0.15, 0.2) is 5.78 Å². The van der Waals surface area contributed by atoms with Crippen LogP contribution in [-0.4, -0.2) is 35.3 Å². The molecule has 14 heavy (non-hydrogen) atoms. The molecule has 0 aromatic carbocycles. The van der Waals surface area contributed by atoms with E-state index in [9.17, 15) is 4.79 Å². The van der Waals surface area contributed by atoms with Crippen molar-refractivity contribution in [2.24, 2.45) is 12.8 Å². The summed E-state index contributed by atoms with van der Waals surface area (Å²) >= 11 is 0. The third kappa shape index (κ3) is 2.93. The molecule has 0 saturated carbocycles. The van der Waals surface area contributed by atoms with Crippen molar-refractivity contribution in [3.05, 3.63) is 18.0 Å². The van der Waals surface area contributed by atoms with Crippen molar-refractivity contribution in [2.75, 3.05) is 13.7 Å². The number of Topliss-reactive ketones (excluding diaryl/α,β-unsaturated/α-hetero) is 1. The number of methoxy groups -OCH3 is 1. The van der Waals surface area contributed by atoms with Crippen LogP contribution in [0.4, 0.5) is 0 Å². The van der Waals surface area contributed by atoms with Crippen LogP contribution < -0.4 is 5.73 Å². The highest BCUT2D eigenvalue weighted by molar-refractivity contribution is 5.95. The lowest BCUT2D eigenvalue weighted by Crippen LogP contribution is -2.28. The molecule has 5 nitrogen and oxygen atoms in total. The average Bonchev–Trinajstić information content (AvgIpc) is 2.52. The van der Waals surface area contributed by atoms with Gasteiger partial charge in [-0.15, -0.1) is 0 Å². The smallest absolute Gasteiger partial charge is 0.167 e. The van der Waals surface area contributed by atoms with Gasteiger partial charge in [0, 0.05) is 32.8 Å². The Labute approximate surface area is 82.8 Å². The highest BCUT2D eigenvalue weighted by Crippen LogP contribution is 2.03. The highest BCUT2D eigenvalue weighted by atomic mass is 16.5. The third-order valence-corrected chi connectivity index (χ3v) is 1.86. The van der Waals surface area contributed by atoms with Crippen LogP contribution in [0.15, 0.2) is 12.4 Å². The lowest BCUT2D eigenvalue weighted by Gasteiger charge is -2.07. The number of aromatic nitrogens is 2. The summed E-state index contributed by atoms with van der Waals surface area (Å²) in [6, 6.07) is -0.243. The minimum Gasteiger partial charge on any atom is -0.383 e. The van der Waals surface area contributed by atoms with E-state index < -0.39 is 0 Å². The fourth-order valence-corrected chi connectivity index (χ4v) is 1.19. The summed E-state index contributed by atoms with van der Waals surface area (Å²) in [6.07, 6.45) is 3.52. The molecule has 1 unspecified atom stereocenters. The van der Waals surface area contributed by atoms with Gasteiger partial charge in [-0.3, -0.25) is 9.48 Å². The third-order valence-electron chi connectivity index (χ3n) is 1.86. The second-order valence-electron chi connectivity index (χ2n) is 3.25. The molecule has 2 N–H and O–H groups in total. The Morgan fingerprint density at radius 1 is 1.79 bits per heavy atom. The van der Waals surface area contributed by atoms with Crippen LogP contribution in [0.25, 0.3) is 0 Å². The maximum absolute atomic E-state index is 11.6. The molecule has 0 radical (unpaired) electrons. The van der Waals surface area contributed by atoms with E-state index in [0.717, 1.165) is 0 Å². The summed E-state index contributed by atoms with van der Waals surface area (Å²) in [6.45, 7) is 0.395. The summed E-state index contributed by atoms with van der Waals surface area (Å²) in [5.74, 6) is 0.00245. The van der Waals surface area contributed by atoms with Crippen molar-refractivity contribution in [3.63, 3.8) is 0 Å². The molecule has 0 saturated heterocycles. The van der Waals surface area contributed by atoms with E-state index in [-0.39, 0.29) is 11.8 Å². The second kappa shape index (κ2) is 4.88. The highest BCUT2D eigenvalue weighted by Gasteiger charge is 2.12. The molecule has 1 aromatic heterocycles. The molecule has 0 amide bonds. The van der Waals surface area contributed by atoms with Gasteiger partial charge in [-0.1, -0.05) is 0 Å². The number of hydrogen-bond donors (Lipinski definition) is 1. The number of carbonyl (C=O) groups is 1. The van der Waals surface area contributed by atoms with Crippen LogP contribution in [-0.2, 0) is 11.8 Å². The van der Waals surface area contributed by atoms with Crippen molar-refractivity contribution < 1.29 is 9.53 Å². The Hall–Kier alpha value is -1.20. The molecule has 1 heterocycles. The standard InChI is InChI=1S/C9H15N3O2/c1-12-5-7(4-11-12)9(13)3-8(10)6-14-2/h4-5,8H,3,6,10H2,1-2H3. The van der Waals surface area contributed by atoms with Gasteiger partial charge in [-0.2, -0.15) is 5.10 Å². The minimum absolute atomic E-state index is 0.00245. The maximum Gasteiger partial charge on any atom is 0.167 e. The fraction of sp³-hybridized carbons (Fsp3) is 0.556. The molecule has 0 aliphatic rings. The fourth-order valence-electron chi connectivity index (χ4n) is 1.19. The largest absolute Gasteiger partial charge is 0.383 e. The summed E-state index contributed by atoms with van der Waals surface area (Å²) in [4.78, 5) is 11.6. The predicted octanol–water partition coefficient (Wildman–Crippen LogP) is -0.0334. The van der Waals surface area contributed by atoms with E-state index >= 15 is 0 Å². The Kier molecular flexibility index (Phi) is 3.79. The molecule has 0 aliphatic carbocycles. The van der Waals surface area contributed by atoms with Crippen molar-refractivity contribution >= 4 is 5.78 Å². The van der Waals surface area contributed by atoms with Gasteiger partial charge in [-0.05, 0) is 0 Å². The quantitative estimate of drug-likeness (QED) is 0.673. The minimum atomic E-state index is -0.243. The molecule has 0 spiro atoms. The zero-order valence-corrected chi connectivity index (χ0v) is 8.43. The summed E-state index contributed by atoms with van der Waals surface area (Å²) in [5, 5.41) is 3.91. The Balaban J connectivity index is 2.50. The molecule has 78 valence electrons.